The summed E-state index contributed by atoms with van der Waals surface area (Å²) in [4.78, 5) is 0.142. The lowest BCUT2D eigenvalue weighted by Crippen LogP contribution is -2.46. The van der Waals surface area contributed by atoms with Crippen molar-refractivity contribution in [2.45, 2.75) is 24.3 Å². The van der Waals surface area contributed by atoms with Crippen LogP contribution in [0.2, 0.25) is 0 Å². The van der Waals surface area contributed by atoms with Gasteiger partial charge < -0.3 is 15.2 Å². The van der Waals surface area contributed by atoms with E-state index in [2.05, 4.69) is 6.92 Å². The van der Waals surface area contributed by atoms with E-state index in [0.717, 1.165) is 6.42 Å². The highest BCUT2D eigenvalue weighted by Crippen LogP contribution is 2.31. The van der Waals surface area contributed by atoms with Crippen LogP contribution in [0.3, 0.4) is 0 Å². The van der Waals surface area contributed by atoms with Gasteiger partial charge >= 0.3 is 0 Å². The van der Waals surface area contributed by atoms with Crippen molar-refractivity contribution in [3.05, 3.63) is 18.2 Å². The monoisotopic (exact) mass is 314 g/mol. The van der Waals surface area contributed by atoms with Crippen molar-refractivity contribution in [3.63, 3.8) is 0 Å². The molecule has 0 bridgehead atoms. The number of hydrogen-bond acceptors (Lipinski definition) is 5. The first kappa shape index (κ1) is 16.1. The molecule has 1 saturated heterocycles. The third-order valence-electron chi connectivity index (χ3n) is 3.96. The average Bonchev–Trinajstić information content (AvgIpc) is 2.47. The van der Waals surface area contributed by atoms with Gasteiger partial charge in [0, 0.05) is 32.0 Å². The number of ether oxygens (including phenoxy) is 2. The molecule has 0 aromatic heterocycles. The highest BCUT2D eigenvalue weighted by atomic mass is 32.2. The lowest BCUT2D eigenvalue weighted by molar-refractivity contribution is 0.0183. The molecule has 0 aliphatic carbocycles. The molecule has 1 aromatic rings. The van der Waals surface area contributed by atoms with Gasteiger partial charge in [0.15, 0.2) is 0 Å². The Morgan fingerprint density at radius 3 is 2.67 bits per heavy atom. The van der Waals surface area contributed by atoms with Crippen molar-refractivity contribution in [1.29, 1.82) is 0 Å². The standard InChI is InChI=1S/C14H22N2O4S/c1-10-6-7-16(9-13(10)20-3)21(17,18)14-5-4-11(15)8-12(14)19-2/h4-5,8,10,13H,6-7,9,15H2,1-3H3. The Bertz CT molecular complexity index is 603. The summed E-state index contributed by atoms with van der Waals surface area (Å²) < 4.78 is 37.6. The van der Waals surface area contributed by atoms with E-state index in [1.165, 1.54) is 23.5 Å². The molecule has 0 amide bonds. The van der Waals surface area contributed by atoms with Gasteiger partial charge in [-0.2, -0.15) is 4.31 Å². The Morgan fingerprint density at radius 2 is 2.05 bits per heavy atom. The van der Waals surface area contributed by atoms with Crippen LogP contribution >= 0.6 is 0 Å². The lowest BCUT2D eigenvalue weighted by Gasteiger charge is -2.35. The Balaban J connectivity index is 2.34. The third kappa shape index (κ3) is 3.14. The smallest absolute Gasteiger partial charge is 0.246 e. The summed E-state index contributed by atoms with van der Waals surface area (Å²) in [7, 11) is -0.568. The number of rotatable bonds is 4. The van der Waals surface area contributed by atoms with Crippen LogP contribution in [-0.2, 0) is 14.8 Å². The van der Waals surface area contributed by atoms with Gasteiger partial charge in [-0.3, -0.25) is 0 Å². The Hall–Kier alpha value is -1.31. The van der Waals surface area contributed by atoms with Crippen LogP contribution < -0.4 is 10.5 Å². The normalized spacial score (nSPS) is 24.0. The molecule has 1 aromatic carbocycles. The van der Waals surface area contributed by atoms with Crippen LogP contribution in [0.4, 0.5) is 5.69 Å². The van der Waals surface area contributed by atoms with Crippen LogP contribution in [0.25, 0.3) is 0 Å². The molecule has 1 aliphatic heterocycles. The second-order valence-corrected chi connectivity index (χ2v) is 7.22. The summed E-state index contributed by atoms with van der Waals surface area (Å²) >= 11 is 0. The zero-order chi connectivity index (χ0) is 15.6. The van der Waals surface area contributed by atoms with E-state index in [9.17, 15) is 8.42 Å². The maximum Gasteiger partial charge on any atom is 0.246 e. The predicted octanol–water partition coefficient (Wildman–Crippen LogP) is 1.32. The zero-order valence-corrected chi connectivity index (χ0v) is 13.4. The fourth-order valence-electron chi connectivity index (χ4n) is 2.57. The minimum atomic E-state index is -3.62. The summed E-state index contributed by atoms with van der Waals surface area (Å²) in [6.45, 7) is 2.91. The molecule has 6 nitrogen and oxygen atoms in total. The third-order valence-corrected chi connectivity index (χ3v) is 5.86. The first-order valence-corrected chi connectivity index (χ1v) is 8.30. The van der Waals surface area contributed by atoms with E-state index in [4.69, 9.17) is 15.2 Å². The SMILES string of the molecule is COc1cc(N)ccc1S(=O)(=O)N1CCC(C)C(OC)C1. The number of hydrogen-bond donors (Lipinski definition) is 1. The fraction of sp³-hybridized carbons (Fsp3) is 0.571. The Labute approximate surface area is 125 Å². The molecule has 0 saturated carbocycles. The fourth-order valence-corrected chi connectivity index (χ4v) is 4.17. The van der Waals surface area contributed by atoms with Gasteiger partial charge in [-0.1, -0.05) is 6.92 Å². The number of nitrogens with zero attached hydrogens (tertiary/aromatic N) is 1. The number of nitrogens with two attached hydrogens (primary N) is 1. The topological polar surface area (TPSA) is 81.9 Å². The maximum atomic E-state index is 12.8. The van der Waals surface area contributed by atoms with Crippen molar-refractivity contribution in [3.8, 4) is 5.75 Å². The summed E-state index contributed by atoms with van der Waals surface area (Å²) in [6, 6.07) is 4.58. The summed E-state index contributed by atoms with van der Waals surface area (Å²) in [5.41, 5.74) is 6.14. The molecule has 2 N–H and O–H groups in total. The van der Waals surface area contributed by atoms with Crippen LogP contribution in [0.5, 0.6) is 5.75 Å². The number of nitrogen functional groups attached to an aromatic ring is 1. The average molecular weight is 314 g/mol. The molecular weight excluding hydrogens is 292 g/mol. The van der Waals surface area contributed by atoms with Crippen molar-refractivity contribution in [2.75, 3.05) is 33.0 Å². The largest absolute Gasteiger partial charge is 0.495 e. The van der Waals surface area contributed by atoms with E-state index >= 15 is 0 Å². The van der Waals surface area contributed by atoms with Crippen molar-refractivity contribution in [2.24, 2.45) is 5.92 Å². The highest BCUT2D eigenvalue weighted by molar-refractivity contribution is 7.89. The molecule has 7 heteroatoms. The van der Waals surface area contributed by atoms with Crippen molar-refractivity contribution in [1.82, 2.24) is 4.31 Å². The Kier molecular flexibility index (Phi) is 4.75. The molecule has 118 valence electrons. The molecule has 1 aliphatic rings. The molecule has 1 heterocycles. The number of sulfonamides is 1. The van der Waals surface area contributed by atoms with E-state index in [0.29, 0.717) is 24.7 Å². The number of piperidine rings is 1. The first-order valence-electron chi connectivity index (χ1n) is 6.86. The van der Waals surface area contributed by atoms with Crippen LogP contribution in [0.1, 0.15) is 13.3 Å². The maximum absolute atomic E-state index is 12.8. The quantitative estimate of drug-likeness (QED) is 0.848. The summed E-state index contributed by atoms with van der Waals surface area (Å²) in [5, 5.41) is 0. The molecule has 21 heavy (non-hydrogen) atoms. The summed E-state index contributed by atoms with van der Waals surface area (Å²) in [5.74, 6) is 0.609. The Morgan fingerprint density at radius 1 is 1.33 bits per heavy atom. The van der Waals surface area contributed by atoms with E-state index < -0.39 is 10.0 Å². The summed E-state index contributed by atoms with van der Waals surface area (Å²) in [6.07, 6.45) is 0.683. The van der Waals surface area contributed by atoms with E-state index in [1.54, 1.807) is 13.2 Å². The van der Waals surface area contributed by atoms with Crippen molar-refractivity contribution < 1.29 is 17.9 Å². The molecule has 0 spiro atoms. The van der Waals surface area contributed by atoms with E-state index in [-0.39, 0.29) is 16.7 Å². The van der Waals surface area contributed by atoms with Gasteiger partial charge in [-0.05, 0) is 24.5 Å². The van der Waals surface area contributed by atoms with Gasteiger partial charge in [0.25, 0.3) is 0 Å². The van der Waals surface area contributed by atoms with Gasteiger partial charge in [0.05, 0.1) is 13.2 Å². The molecule has 0 radical (unpaired) electrons. The minimum absolute atomic E-state index is 0.0895. The van der Waals surface area contributed by atoms with Gasteiger partial charge in [0.2, 0.25) is 10.0 Å². The number of methoxy groups -OCH3 is 2. The first-order chi connectivity index (χ1) is 9.90. The van der Waals surface area contributed by atoms with Gasteiger partial charge in [0.1, 0.15) is 10.6 Å². The minimum Gasteiger partial charge on any atom is -0.495 e. The second kappa shape index (κ2) is 6.21. The number of benzene rings is 1. The van der Waals surface area contributed by atoms with Crippen LogP contribution in [0.15, 0.2) is 23.1 Å². The van der Waals surface area contributed by atoms with Crippen molar-refractivity contribution >= 4 is 15.7 Å². The second-order valence-electron chi connectivity index (χ2n) is 5.31. The van der Waals surface area contributed by atoms with Crippen LogP contribution in [0, 0.1) is 5.92 Å². The molecule has 2 atom stereocenters. The molecule has 1 fully saturated rings. The highest BCUT2D eigenvalue weighted by Gasteiger charge is 2.35. The zero-order valence-electron chi connectivity index (χ0n) is 12.6. The van der Waals surface area contributed by atoms with E-state index in [1.807, 2.05) is 0 Å². The number of anilines is 1. The van der Waals surface area contributed by atoms with Crippen LogP contribution in [-0.4, -0.2) is 46.1 Å². The molecule has 2 unspecified atom stereocenters. The van der Waals surface area contributed by atoms with Gasteiger partial charge in [-0.15, -0.1) is 0 Å². The lowest BCUT2D eigenvalue weighted by atomic mass is 9.97. The molecule has 2 rings (SSSR count). The van der Waals surface area contributed by atoms with Gasteiger partial charge in [-0.25, -0.2) is 8.42 Å². The molecular formula is C14H22N2O4S. The predicted molar refractivity (Wildman–Crippen MR) is 80.7 cm³/mol.